The van der Waals surface area contributed by atoms with Crippen molar-refractivity contribution in [3.05, 3.63) is 29.8 Å². The molecule has 1 aromatic rings. The Bertz CT molecular complexity index is 416. The Morgan fingerprint density at radius 3 is 2.68 bits per heavy atom. The van der Waals surface area contributed by atoms with Gasteiger partial charge in [-0.2, -0.15) is 0 Å². The van der Waals surface area contributed by atoms with Crippen LogP contribution in [0.5, 0.6) is 5.75 Å². The first kappa shape index (κ1) is 15.5. The lowest BCUT2D eigenvalue weighted by atomic mass is 9.84. The maximum absolute atomic E-state index is 11.6. The molecular weight excluding hydrogens is 242 g/mol. The van der Waals surface area contributed by atoms with Crippen LogP contribution in [0.25, 0.3) is 0 Å². The highest BCUT2D eigenvalue weighted by atomic mass is 16.5. The van der Waals surface area contributed by atoms with Crippen LogP contribution in [0.3, 0.4) is 0 Å². The predicted octanol–water partition coefficient (Wildman–Crippen LogP) is 1.86. The number of carbonyl (C=O) groups is 1. The van der Waals surface area contributed by atoms with Crippen LogP contribution in [0.1, 0.15) is 32.3 Å². The summed E-state index contributed by atoms with van der Waals surface area (Å²) in [4.78, 5) is 11.6. The van der Waals surface area contributed by atoms with Crippen LogP contribution >= 0.6 is 0 Å². The van der Waals surface area contributed by atoms with Gasteiger partial charge in [-0.05, 0) is 12.5 Å². The maximum atomic E-state index is 11.6. The molecule has 0 radical (unpaired) electrons. The second kappa shape index (κ2) is 7.14. The summed E-state index contributed by atoms with van der Waals surface area (Å²) in [6.45, 7) is 4.72. The number of aliphatic hydroxyl groups excluding tert-OH is 1. The number of rotatable bonds is 7. The van der Waals surface area contributed by atoms with Gasteiger partial charge in [0.2, 0.25) is 5.91 Å². The molecule has 0 saturated heterocycles. The zero-order chi connectivity index (χ0) is 14.3. The van der Waals surface area contributed by atoms with E-state index < -0.39 is 0 Å². The molecule has 0 atom stereocenters. The van der Waals surface area contributed by atoms with Gasteiger partial charge >= 0.3 is 0 Å². The normalized spacial score (nSPS) is 11.2. The first-order valence-corrected chi connectivity index (χ1v) is 6.52. The van der Waals surface area contributed by atoms with Gasteiger partial charge in [0.15, 0.2) is 0 Å². The second-order valence-electron chi connectivity index (χ2n) is 5.19. The Kier molecular flexibility index (Phi) is 5.83. The minimum Gasteiger partial charge on any atom is -0.496 e. The van der Waals surface area contributed by atoms with Crippen molar-refractivity contribution >= 4 is 5.91 Å². The average molecular weight is 265 g/mol. The molecular formula is C15H23NO3. The lowest BCUT2D eigenvalue weighted by Gasteiger charge is -2.27. The third kappa shape index (κ3) is 4.56. The van der Waals surface area contributed by atoms with Crippen molar-refractivity contribution in [3.8, 4) is 5.75 Å². The number of benzene rings is 1. The third-order valence-corrected chi connectivity index (χ3v) is 3.13. The van der Waals surface area contributed by atoms with E-state index in [4.69, 9.17) is 9.84 Å². The number of hydrogen-bond acceptors (Lipinski definition) is 3. The summed E-state index contributed by atoms with van der Waals surface area (Å²) in [5.41, 5.74) is 0.863. The molecule has 0 bridgehead atoms. The fraction of sp³-hybridized carbons (Fsp3) is 0.533. The number of ether oxygens (including phenoxy) is 1. The minimum atomic E-state index is -0.207. The molecule has 0 aliphatic heterocycles. The number of methoxy groups -OCH3 is 1. The molecule has 0 unspecified atom stereocenters. The van der Waals surface area contributed by atoms with Gasteiger partial charge in [0.1, 0.15) is 5.75 Å². The molecule has 1 rings (SSSR count). The van der Waals surface area contributed by atoms with Gasteiger partial charge in [0, 0.05) is 30.6 Å². The molecule has 0 heterocycles. The van der Waals surface area contributed by atoms with Gasteiger partial charge in [-0.3, -0.25) is 4.79 Å². The molecule has 1 aromatic carbocycles. The van der Waals surface area contributed by atoms with E-state index in [-0.39, 0.29) is 17.9 Å². The SMILES string of the molecule is COc1ccccc1C(C)(C)CNC(=O)CCCO. The van der Waals surface area contributed by atoms with E-state index in [0.717, 1.165) is 11.3 Å². The van der Waals surface area contributed by atoms with Gasteiger partial charge in [0.05, 0.1) is 7.11 Å². The number of amides is 1. The largest absolute Gasteiger partial charge is 0.496 e. The number of nitrogens with one attached hydrogen (secondary N) is 1. The number of aliphatic hydroxyl groups is 1. The topological polar surface area (TPSA) is 58.6 Å². The highest BCUT2D eigenvalue weighted by Crippen LogP contribution is 2.30. The van der Waals surface area contributed by atoms with Crippen molar-refractivity contribution in [2.45, 2.75) is 32.1 Å². The van der Waals surface area contributed by atoms with Crippen molar-refractivity contribution in [1.82, 2.24) is 5.32 Å². The Morgan fingerprint density at radius 1 is 1.37 bits per heavy atom. The molecule has 0 saturated carbocycles. The molecule has 4 heteroatoms. The zero-order valence-electron chi connectivity index (χ0n) is 11.9. The van der Waals surface area contributed by atoms with Crippen LogP contribution < -0.4 is 10.1 Å². The van der Waals surface area contributed by atoms with Crippen molar-refractivity contribution in [1.29, 1.82) is 0 Å². The highest BCUT2D eigenvalue weighted by molar-refractivity contribution is 5.76. The van der Waals surface area contributed by atoms with E-state index in [9.17, 15) is 4.79 Å². The van der Waals surface area contributed by atoms with Crippen LogP contribution in [0, 0.1) is 0 Å². The molecule has 106 valence electrons. The van der Waals surface area contributed by atoms with Gasteiger partial charge in [-0.1, -0.05) is 32.0 Å². The van der Waals surface area contributed by atoms with Crippen LogP contribution in [0.2, 0.25) is 0 Å². The van der Waals surface area contributed by atoms with E-state index >= 15 is 0 Å². The Balaban J connectivity index is 2.67. The molecule has 2 N–H and O–H groups in total. The number of para-hydroxylation sites is 1. The second-order valence-corrected chi connectivity index (χ2v) is 5.19. The first-order chi connectivity index (χ1) is 9.01. The molecule has 0 spiro atoms. The quantitative estimate of drug-likeness (QED) is 0.791. The van der Waals surface area contributed by atoms with Gasteiger partial charge < -0.3 is 15.2 Å². The fourth-order valence-electron chi connectivity index (χ4n) is 1.95. The molecule has 19 heavy (non-hydrogen) atoms. The van der Waals surface area contributed by atoms with Gasteiger partial charge in [0.25, 0.3) is 0 Å². The summed E-state index contributed by atoms with van der Waals surface area (Å²) in [6, 6.07) is 7.83. The predicted molar refractivity (Wildman–Crippen MR) is 75.3 cm³/mol. The number of hydrogen-bond donors (Lipinski definition) is 2. The Labute approximate surface area is 114 Å². The van der Waals surface area contributed by atoms with E-state index in [1.54, 1.807) is 7.11 Å². The maximum Gasteiger partial charge on any atom is 0.220 e. The van der Waals surface area contributed by atoms with Crippen molar-refractivity contribution < 1.29 is 14.6 Å². The standard InChI is InChI=1S/C15H23NO3/c1-15(2,11-16-14(18)9-6-10-17)12-7-4-5-8-13(12)19-3/h4-5,7-8,17H,6,9-11H2,1-3H3,(H,16,18). The highest BCUT2D eigenvalue weighted by Gasteiger charge is 2.24. The van der Waals surface area contributed by atoms with Crippen molar-refractivity contribution in [2.24, 2.45) is 0 Å². The van der Waals surface area contributed by atoms with Crippen LogP contribution in [0.4, 0.5) is 0 Å². The molecule has 0 aromatic heterocycles. The van der Waals surface area contributed by atoms with Crippen molar-refractivity contribution in [3.63, 3.8) is 0 Å². The van der Waals surface area contributed by atoms with E-state index in [0.29, 0.717) is 19.4 Å². The summed E-state index contributed by atoms with van der Waals surface area (Å²) in [6.07, 6.45) is 0.861. The van der Waals surface area contributed by atoms with Gasteiger partial charge in [-0.15, -0.1) is 0 Å². The zero-order valence-corrected chi connectivity index (χ0v) is 11.9. The summed E-state index contributed by atoms with van der Waals surface area (Å²) in [7, 11) is 1.65. The Morgan fingerprint density at radius 2 is 2.05 bits per heavy atom. The van der Waals surface area contributed by atoms with E-state index in [2.05, 4.69) is 19.2 Å². The Hall–Kier alpha value is -1.55. The monoisotopic (exact) mass is 265 g/mol. The summed E-state index contributed by atoms with van der Waals surface area (Å²) >= 11 is 0. The van der Waals surface area contributed by atoms with Gasteiger partial charge in [-0.25, -0.2) is 0 Å². The summed E-state index contributed by atoms with van der Waals surface area (Å²) in [5.74, 6) is 0.800. The molecule has 0 aliphatic rings. The van der Waals surface area contributed by atoms with Crippen LogP contribution in [-0.4, -0.2) is 31.3 Å². The number of carbonyl (C=O) groups excluding carboxylic acids is 1. The molecule has 1 amide bonds. The molecule has 0 aliphatic carbocycles. The smallest absolute Gasteiger partial charge is 0.220 e. The summed E-state index contributed by atoms with van der Waals surface area (Å²) in [5, 5.41) is 11.6. The lowest BCUT2D eigenvalue weighted by Crippen LogP contribution is -2.36. The van der Waals surface area contributed by atoms with Crippen LogP contribution in [0.15, 0.2) is 24.3 Å². The lowest BCUT2D eigenvalue weighted by molar-refractivity contribution is -0.121. The van der Waals surface area contributed by atoms with Crippen molar-refractivity contribution in [2.75, 3.05) is 20.3 Å². The molecule has 0 fully saturated rings. The fourth-order valence-corrected chi connectivity index (χ4v) is 1.95. The van der Waals surface area contributed by atoms with Crippen LogP contribution in [-0.2, 0) is 10.2 Å². The van der Waals surface area contributed by atoms with E-state index in [1.807, 2.05) is 24.3 Å². The molecule has 4 nitrogen and oxygen atoms in total. The average Bonchev–Trinajstić information content (AvgIpc) is 2.43. The first-order valence-electron chi connectivity index (χ1n) is 6.52. The summed E-state index contributed by atoms with van der Waals surface area (Å²) < 4.78 is 5.36. The third-order valence-electron chi connectivity index (χ3n) is 3.13. The minimum absolute atomic E-state index is 0.0305. The van der Waals surface area contributed by atoms with E-state index in [1.165, 1.54) is 0 Å².